The summed E-state index contributed by atoms with van der Waals surface area (Å²) in [5.74, 6) is 2.91. The van der Waals surface area contributed by atoms with E-state index < -0.39 is 0 Å². The number of ether oxygens (including phenoxy) is 2. The molecule has 2 heterocycles. The molecule has 2 aromatic carbocycles. The van der Waals surface area contributed by atoms with Crippen molar-refractivity contribution in [2.75, 3.05) is 24.7 Å². The number of hydrogen-bond acceptors (Lipinski definition) is 7. The summed E-state index contributed by atoms with van der Waals surface area (Å²) in [7, 11) is 3.17. The average molecular weight is 453 g/mol. The third-order valence-corrected chi connectivity index (χ3v) is 5.51. The highest BCUT2D eigenvalue weighted by molar-refractivity contribution is 8.00. The van der Waals surface area contributed by atoms with Gasteiger partial charge in [-0.05, 0) is 59.5 Å². The molecule has 0 radical (unpaired) electrons. The monoisotopic (exact) mass is 452 g/mol. The van der Waals surface area contributed by atoms with E-state index in [2.05, 4.69) is 21.5 Å². The van der Waals surface area contributed by atoms with Crippen molar-refractivity contribution in [2.45, 2.75) is 0 Å². The number of methoxy groups -OCH3 is 2. The van der Waals surface area contributed by atoms with Gasteiger partial charge in [0.2, 0.25) is 11.8 Å². The van der Waals surface area contributed by atoms with E-state index >= 15 is 0 Å². The number of hydrogen-bond donors (Lipinski definition) is 1. The molecule has 0 aliphatic rings. The van der Waals surface area contributed by atoms with Crippen molar-refractivity contribution in [3.05, 3.63) is 78.8 Å². The Bertz CT molecular complexity index is 1180. The number of aromatic nitrogens is 3. The lowest BCUT2D eigenvalue weighted by atomic mass is 10.1. The molecule has 0 spiro atoms. The van der Waals surface area contributed by atoms with E-state index in [9.17, 15) is 4.39 Å². The Labute approximate surface area is 189 Å². The largest absolute Gasteiger partial charge is 0.494 e. The lowest BCUT2D eigenvalue weighted by molar-refractivity contribution is 0.391. The van der Waals surface area contributed by atoms with Crippen LogP contribution in [0.3, 0.4) is 0 Å². The topological polar surface area (TPSA) is 74.3 Å². The summed E-state index contributed by atoms with van der Waals surface area (Å²) in [5.41, 5.74) is 2.34. The summed E-state index contributed by atoms with van der Waals surface area (Å²) in [4.78, 5) is 0. The molecule has 0 unspecified atom stereocenters. The first kappa shape index (κ1) is 21.5. The number of para-hydroxylation sites is 1. The van der Waals surface area contributed by atoms with E-state index in [1.807, 2.05) is 18.2 Å². The van der Waals surface area contributed by atoms with Crippen LogP contribution in [0.15, 0.2) is 71.9 Å². The van der Waals surface area contributed by atoms with Gasteiger partial charge in [0.25, 0.3) is 0 Å². The molecule has 4 rings (SSSR count). The fourth-order valence-corrected chi connectivity index (χ4v) is 3.81. The van der Waals surface area contributed by atoms with Crippen molar-refractivity contribution >= 4 is 23.5 Å². The number of rotatable bonds is 9. The number of halogens is 1. The van der Waals surface area contributed by atoms with E-state index in [4.69, 9.17) is 13.9 Å². The summed E-state index contributed by atoms with van der Waals surface area (Å²) < 4.78 is 34.9. The first-order valence-corrected chi connectivity index (χ1v) is 10.6. The van der Waals surface area contributed by atoms with E-state index in [-0.39, 0.29) is 5.82 Å². The Morgan fingerprint density at radius 2 is 1.78 bits per heavy atom. The third-order valence-electron chi connectivity index (χ3n) is 4.69. The van der Waals surface area contributed by atoms with Gasteiger partial charge >= 0.3 is 0 Å². The summed E-state index contributed by atoms with van der Waals surface area (Å²) in [6, 6.07) is 15.3. The number of nitrogens with one attached hydrogen (secondary N) is 1. The second kappa shape index (κ2) is 9.61. The lowest BCUT2D eigenvalue weighted by Crippen LogP contribution is -2.06. The Morgan fingerprint density at radius 1 is 1.06 bits per heavy atom. The number of benzene rings is 2. The molecule has 0 saturated heterocycles. The first-order valence-electron chi connectivity index (χ1n) is 9.64. The maximum atomic E-state index is 13.2. The zero-order chi connectivity index (χ0) is 22.5. The number of anilines is 1. The van der Waals surface area contributed by atoms with Crippen LogP contribution in [0.2, 0.25) is 0 Å². The molecular weight excluding hydrogens is 431 g/mol. The molecule has 9 heteroatoms. The van der Waals surface area contributed by atoms with Crippen molar-refractivity contribution in [1.82, 2.24) is 14.8 Å². The molecule has 0 atom stereocenters. The zero-order valence-electron chi connectivity index (χ0n) is 17.5. The van der Waals surface area contributed by atoms with E-state index in [0.717, 1.165) is 11.1 Å². The highest BCUT2D eigenvalue weighted by atomic mass is 32.2. The fraction of sp³-hybridized carbons (Fsp3) is 0.130. The lowest BCUT2D eigenvalue weighted by Gasteiger charge is -2.17. The molecule has 0 aliphatic heterocycles. The minimum atomic E-state index is -0.281. The molecule has 0 aliphatic carbocycles. The zero-order valence-corrected chi connectivity index (χ0v) is 18.4. The van der Waals surface area contributed by atoms with Gasteiger partial charge in [-0.15, -0.1) is 10.2 Å². The maximum Gasteiger partial charge on any atom is 0.239 e. The van der Waals surface area contributed by atoms with E-state index in [1.165, 1.54) is 24.1 Å². The Hall–Kier alpha value is -3.72. The molecule has 2 aromatic heterocycles. The van der Waals surface area contributed by atoms with Crippen LogP contribution in [-0.4, -0.2) is 34.7 Å². The van der Waals surface area contributed by atoms with Gasteiger partial charge in [-0.25, -0.2) is 4.39 Å². The minimum Gasteiger partial charge on any atom is -0.494 e. The van der Waals surface area contributed by atoms with E-state index in [1.54, 1.807) is 49.3 Å². The summed E-state index contributed by atoms with van der Waals surface area (Å²) >= 11 is 1.38. The summed E-state index contributed by atoms with van der Waals surface area (Å²) in [6.07, 6.45) is 1.57. The summed E-state index contributed by atoms with van der Waals surface area (Å²) in [6.45, 7) is 4.09. The standard InChI is InChI=1S/C23H21FN4O3S/c1-15(16-9-11-17(24)12-10-16)14-32-27-23-26-25-22(20-8-5-13-31-20)28(23)21-18(29-2)6-4-7-19(21)30-3/h4-13H,1,14H2,2-3H3,(H,26,27). The van der Waals surface area contributed by atoms with Gasteiger partial charge < -0.3 is 13.9 Å². The van der Waals surface area contributed by atoms with E-state index in [0.29, 0.717) is 40.5 Å². The van der Waals surface area contributed by atoms with Crippen LogP contribution in [0.25, 0.3) is 22.8 Å². The highest BCUT2D eigenvalue weighted by Gasteiger charge is 2.23. The fourth-order valence-electron chi connectivity index (χ4n) is 3.14. The smallest absolute Gasteiger partial charge is 0.239 e. The Balaban J connectivity index is 1.65. The molecule has 0 saturated carbocycles. The van der Waals surface area contributed by atoms with Crippen LogP contribution in [-0.2, 0) is 0 Å². The first-order chi connectivity index (χ1) is 15.6. The van der Waals surface area contributed by atoms with Crippen molar-refractivity contribution in [3.63, 3.8) is 0 Å². The van der Waals surface area contributed by atoms with Crippen molar-refractivity contribution in [2.24, 2.45) is 0 Å². The SMILES string of the molecule is C=C(CSNc1nnc(-c2ccco2)n1-c1c(OC)cccc1OC)c1ccc(F)cc1. The molecule has 0 fully saturated rings. The van der Waals surface area contributed by atoms with Crippen LogP contribution < -0.4 is 14.2 Å². The third kappa shape index (κ3) is 4.33. The molecule has 32 heavy (non-hydrogen) atoms. The number of nitrogens with zero attached hydrogens (tertiary/aromatic N) is 3. The van der Waals surface area contributed by atoms with Gasteiger partial charge in [-0.3, -0.25) is 9.29 Å². The second-order valence-corrected chi connectivity index (χ2v) is 7.45. The van der Waals surface area contributed by atoms with Crippen LogP contribution in [0.5, 0.6) is 11.5 Å². The predicted molar refractivity (Wildman–Crippen MR) is 124 cm³/mol. The Kier molecular flexibility index (Phi) is 6.46. The van der Waals surface area contributed by atoms with Crippen LogP contribution in [0.4, 0.5) is 10.3 Å². The van der Waals surface area contributed by atoms with Crippen molar-refractivity contribution < 1.29 is 18.3 Å². The van der Waals surface area contributed by atoms with Crippen LogP contribution >= 0.6 is 11.9 Å². The highest BCUT2D eigenvalue weighted by Crippen LogP contribution is 2.38. The van der Waals surface area contributed by atoms with Crippen molar-refractivity contribution in [3.8, 4) is 28.8 Å². The maximum absolute atomic E-state index is 13.2. The summed E-state index contributed by atoms with van der Waals surface area (Å²) in [5, 5.41) is 8.63. The molecule has 4 aromatic rings. The second-order valence-electron chi connectivity index (χ2n) is 6.67. The Morgan fingerprint density at radius 3 is 2.41 bits per heavy atom. The van der Waals surface area contributed by atoms with Crippen LogP contribution in [0.1, 0.15) is 5.56 Å². The van der Waals surface area contributed by atoms with Gasteiger partial charge in [0.05, 0.1) is 20.5 Å². The van der Waals surface area contributed by atoms with Crippen molar-refractivity contribution in [1.29, 1.82) is 0 Å². The normalized spacial score (nSPS) is 10.7. The van der Waals surface area contributed by atoms with Gasteiger partial charge in [0.15, 0.2) is 5.76 Å². The van der Waals surface area contributed by atoms with Crippen LogP contribution in [0, 0.1) is 5.82 Å². The van der Waals surface area contributed by atoms with Gasteiger partial charge in [-0.1, -0.05) is 24.8 Å². The molecule has 0 bridgehead atoms. The molecule has 164 valence electrons. The number of furan rings is 1. The molecule has 0 amide bonds. The quantitative estimate of drug-likeness (QED) is 0.338. The molecule has 1 N–H and O–H groups in total. The van der Waals surface area contributed by atoms with Gasteiger partial charge in [0.1, 0.15) is 23.0 Å². The molecule has 7 nitrogen and oxygen atoms in total. The average Bonchev–Trinajstić information content (AvgIpc) is 3.48. The van der Waals surface area contributed by atoms with Gasteiger partial charge in [0, 0.05) is 5.75 Å². The minimum absolute atomic E-state index is 0.281. The van der Waals surface area contributed by atoms with Gasteiger partial charge in [-0.2, -0.15) is 0 Å². The molecular formula is C23H21FN4O3S. The predicted octanol–water partition coefficient (Wildman–Crippen LogP) is 5.46.